The van der Waals surface area contributed by atoms with Crippen molar-refractivity contribution in [3.8, 4) is 11.6 Å². The second kappa shape index (κ2) is 6.58. The minimum atomic E-state index is -0.293. The quantitative estimate of drug-likeness (QED) is 0.886. The second-order valence-corrected chi connectivity index (χ2v) is 4.98. The van der Waals surface area contributed by atoms with E-state index >= 15 is 0 Å². The highest BCUT2D eigenvalue weighted by molar-refractivity contribution is 5.22. The van der Waals surface area contributed by atoms with Crippen molar-refractivity contribution in [1.82, 2.24) is 10.5 Å². The van der Waals surface area contributed by atoms with E-state index in [1.807, 2.05) is 0 Å². The van der Waals surface area contributed by atoms with Crippen LogP contribution in [0.4, 0.5) is 4.39 Å². The highest BCUT2D eigenvalue weighted by Crippen LogP contribution is 2.17. The van der Waals surface area contributed by atoms with Crippen LogP contribution < -0.4 is 14.8 Å². The Hall–Kier alpha value is -2.08. The van der Waals surface area contributed by atoms with Gasteiger partial charge in [0.25, 0.3) is 5.88 Å². The summed E-state index contributed by atoms with van der Waals surface area (Å²) in [5.74, 6) is 1.30. The monoisotopic (exact) mass is 292 g/mol. The van der Waals surface area contributed by atoms with E-state index < -0.39 is 0 Å². The lowest BCUT2D eigenvalue weighted by atomic mass is 10.2. The molecule has 1 N–H and O–H groups in total. The third-order valence-corrected chi connectivity index (χ3v) is 3.33. The number of ether oxygens (including phenoxy) is 2. The third-order valence-electron chi connectivity index (χ3n) is 3.33. The van der Waals surface area contributed by atoms with Crippen LogP contribution in [0.25, 0.3) is 0 Å². The Bertz CT molecular complexity index is 565. The fraction of sp³-hybridized carbons (Fsp3) is 0.400. The average molecular weight is 292 g/mol. The standard InChI is InChI=1S/C15H17FN2O3/c16-11-3-5-13(6-4-11)19-10-14-8-15(18-21-14)20-9-12-2-1-7-17-12/h3-6,8,12,17H,1-2,7,9-10H2/t12-/m0/s1. The van der Waals surface area contributed by atoms with Gasteiger partial charge in [-0.05, 0) is 48.8 Å². The van der Waals surface area contributed by atoms with E-state index in [9.17, 15) is 4.39 Å². The number of hydrogen-bond acceptors (Lipinski definition) is 5. The number of nitrogens with one attached hydrogen (secondary N) is 1. The van der Waals surface area contributed by atoms with Gasteiger partial charge in [0.05, 0.1) is 0 Å². The molecule has 0 spiro atoms. The van der Waals surface area contributed by atoms with Crippen LogP contribution in [0.2, 0.25) is 0 Å². The van der Waals surface area contributed by atoms with Crippen molar-refractivity contribution in [1.29, 1.82) is 0 Å². The molecule has 2 heterocycles. The molecule has 21 heavy (non-hydrogen) atoms. The lowest BCUT2D eigenvalue weighted by molar-refractivity contribution is 0.230. The maximum atomic E-state index is 12.8. The molecule has 1 saturated heterocycles. The van der Waals surface area contributed by atoms with Crippen LogP contribution in [0.3, 0.4) is 0 Å². The Labute approximate surface area is 122 Å². The molecule has 1 aromatic carbocycles. The number of rotatable bonds is 6. The number of hydrogen-bond donors (Lipinski definition) is 1. The Kier molecular flexibility index (Phi) is 4.35. The van der Waals surface area contributed by atoms with Crippen molar-refractivity contribution in [2.24, 2.45) is 0 Å². The van der Waals surface area contributed by atoms with Gasteiger partial charge in [-0.15, -0.1) is 0 Å². The Morgan fingerprint density at radius 3 is 2.90 bits per heavy atom. The molecule has 1 aliphatic heterocycles. The molecule has 112 valence electrons. The molecule has 0 radical (unpaired) electrons. The van der Waals surface area contributed by atoms with E-state index in [1.165, 1.54) is 18.6 Å². The topological polar surface area (TPSA) is 56.5 Å². The van der Waals surface area contributed by atoms with Crippen LogP contribution in [0.5, 0.6) is 11.6 Å². The predicted octanol–water partition coefficient (Wildman–Crippen LogP) is 2.52. The first-order valence-electron chi connectivity index (χ1n) is 7.00. The van der Waals surface area contributed by atoms with Crippen LogP contribution in [0.15, 0.2) is 34.9 Å². The molecule has 0 saturated carbocycles. The van der Waals surface area contributed by atoms with Crippen LogP contribution in [0.1, 0.15) is 18.6 Å². The lowest BCUT2D eigenvalue weighted by Gasteiger charge is -2.08. The summed E-state index contributed by atoms with van der Waals surface area (Å²) < 4.78 is 28.9. The minimum Gasteiger partial charge on any atom is -0.486 e. The van der Waals surface area contributed by atoms with Gasteiger partial charge in [-0.1, -0.05) is 0 Å². The van der Waals surface area contributed by atoms with Gasteiger partial charge < -0.3 is 19.3 Å². The SMILES string of the molecule is Fc1ccc(OCc2cc(OC[C@@H]3CCCN3)no2)cc1. The number of benzene rings is 1. The molecular formula is C15H17FN2O3. The van der Waals surface area contributed by atoms with Gasteiger partial charge in [0, 0.05) is 12.1 Å². The molecule has 1 aromatic heterocycles. The largest absolute Gasteiger partial charge is 0.486 e. The first-order valence-corrected chi connectivity index (χ1v) is 7.00. The summed E-state index contributed by atoms with van der Waals surface area (Å²) >= 11 is 0. The van der Waals surface area contributed by atoms with Gasteiger partial charge in [-0.3, -0.25) is 0 Å². The number of halogens is 1. The zero-order valence-electron chi connectivity index (χ0n) is 11.5. The molecule has 1 fully saturated rings. The maximum absolute atomic E-state index is 12.8. The number of aromatic nitrogens is 1. The summed E-state index contributed by atoms with van der Waals surface area (Å²) in [5, 5.41) is 7.18. The van der Waals surface area contributed by atoms with E-state index in [1.54, 1.807) is 18.2 Å². The summed E-state index contributed by atoms with van der Waals surface area (Å²) in [5.41, 5.74) is 0. The fourth-order valence-electron chi connectivity index (χ4n) is 2.20. The van der Waals surface area contributed by atoms with E-state index in [-0.39, 0.29) is 12.4 Å². The molecule has 1 atom stereocenters. The van der Waals surface area contributed by atoms with Crippen molar-refractivity contribution in [3.63, 3.8) is 0 Å². The van der Waals surface area contributed by atoms with Gasteiger partial charge in [0.15, 0.2) is 5.76 Å². The molecule has 3 rings (SSSR count). The molecule has 6 heteroatoms. The Balaban J connectivity index is 1.46. The van der Waals surface area contributed by atoms with Crippen molar-refractivity contribution in [3.05, 3.63) is 41.9 Å². The molecule has 0 bridgehead atoms. The van der Waals surface area contributed by atoms with Crippen LogP contribution in [0, 0.1) is 5.82 Å². The smallest absolute Gasteiger partial charge is 0.254 e. The average Bonchev–Trinajstić information content (AvgIpc) is 3.16. The maximum Gasteiger partial charge on any atom is 0.254 e. The van der Waals surface area contributed by atoms with Crippen LogP contribution >= 0.6 is 0 Å². The zero-order valence-corrected chi connectivity index (χ0v) is 11.5. The van der Waals surface area contributed by atoms with Gasteiger partial charge in [0.2, 0.25) is 0 Å². The Morgan fingerprint density at radius 2 is 2.14 bits per heavy atom. The van der Waals surface area contributed by atoms with E-state index in [4.69, 9.17) is 14.0 Å². The van der Waals surface area contributed by atoms with Gasteiger partial charge in [0.1, 0.15) is 24.8 Å². The first-order chi connectivity index (χ1) is 10.3. The van der Waals surface area contributed by atoms with E-state index in [0.717, 1.165) is 13.0 Å². The molecular weight excluding hydrogens is 275 g/mol. The second-order valence-electron chi connectivity index (χ2n) is 4.98. The highest BCUT2D eigenvalue weighted by atomic mass is 19.1. The molecule has 2 aromatic rings. The van der Waals surface area contributed by atoms with Crippen molar-refractivity contribution in [2.45, 2.75) is 25.5 Å². The van der Waals surface area contributed by atoms with Gasteiger partial charge in [-0.25, -0.2) is 4.39 Å². The van der Waals surface area contributed by atoms with Gasteiger partial charge >= 0.3 is 0 Å². The van der Waals surface area contributed by atoms with Crippen LogP contribution in [-0.2, 0) is 6.61 Å². The van der Waals surface area contributed by atoms with Crippen molar-refractivity contribution < 1.29 is 18.4 Å². The normalized spacial score (nSPS) is 17.9. The zero-order chi connectivity index (χ0) is 14.5. The summed E-state index contributed by atoms with van der Waals surface area (Å²) in [6, 6.07) is 7.92. The van der Waals surface area contributed by atoms with Crippen molar-refractivity contribution >= 4 is 0 Å². The summed E-state index contributed by atoms with van der Waals surface area (Å²) in [6.07, 6.45) is 2.31. The van der Waals surface area contributed by atoms with E-state index in [2.05, 4.69) is 10.5 Å². The summed E-state index contributed by atoms with van der Waals surface area (Å²) in [7, 11) is 0. The summed E-state index contributed by atoms with van der Waals surface area (Å²) in [6.45, 7) is 1.86. The lowest BCUT2D eigenvalue weighted by Crippen LogP contribution is -2.28. The fourth-order valence-corrected chi connectivity index (χ4v) is 2.20. The minimum absolute atomic E-state index is 0.226. The molecule has 5 nitrogen and oxygen atoms in total. The Morgan fingerprint density at radius 1 is 1.29 bits per heavy atom. The first kappa shape index (κ1) is 13.9. The third kappa shape index (κ3) is 3.95. The van der Waals surface area contributed by atoms with Crippen molar-refractivity contribution in [2.75, 3.05) is 13.2 Å². The summed E-state index contributed by atoms with van der Waals surface area (Å²) in [4.78, 5) is 0. The van der Waals surface area contributed by atoms with E-state index in [0.29, 0.717) is 30.0 Å². The molecule has 1 aliphatic rings. The molecule has 0 amide bonds. The van der Waals surface area contributed by atoms with Crippen LogP contribution in [-0.4, -0.2) is 24.4 Å². The number of nitrogens with zero attached hydrogens (tertiary/aromatic N) is 1. The highest BCUT2D eigenvalue weighted by Gasteiger charge is 2.15. The molecule has 0 unspecified atom stereocenters. The van der Waals surface area contributed by atoms with Gasteiger partial charge in [-0.2, -0.15) is 0 Å². The predicted molar refractivity (Wildman–Crippen MR) is 73.8 cm³/mol. The molecule has 0 aliphatic carbocycles.